The predicted octanol–water partition coefficient (Wildman–Crippen LogP) is 2.18. The SMILES string of the molecule is CNCCC=Cc1csc(C=O)c1. The first kappa shape index (κ1) is 10.2. The molecule has 1 rings (SSSR count). The minimum absolute atomic E-state index is 0.785. The number of thiophene rings is 1. The average molecular weight is 195 g/mol. The molecule has 0 fully saturated rings. The zero-order valence-corrected chi connectivity index (χ0v) is 8.43. The summed E-state index contributed by atoms with van der Waals surface area (Å²) >= 11 is 1.48. The second-order valence-electron chi connectivity index (χ2n) is 2.69. The summed E-state index contributed by atoms with van der Waals surface area (Å²) < 4.78 is 0. The van der Waals surface area contributed by atoms with E-state index in [1.54, 1.807) is 0 Å². The van der Waals surface area contributed by atoms with Crippen LogP contribution in [0.5, 0.6) is 0 Å². The highest BCUT2D eigenvalue weighted by Gasteiger charge is 1.93. The summed E-state index contributed by atoms with van der Waals surface area (Å²) in [6.07, 6.45) is 6.05. The monoisotopic (exact) mass is 195 g/mol. The van der Waals surface area contributed by atoms with Crippen LogP contribution in [0, 0.1) is 0 Å². The van der Waals surface area contributed by atoms with Crippen molar-refractivity contribution in [2.45, 2.75) is 6.42 Å². The molecule has 0 unspecified atom stereocenters. The lowest BCUT2D eigenvalue weighted by Gasteiger charge is -1.89. The standard InChI is InChI=1S/C10H13NOS/c1-11-5-3-2-4-9-6-10(7-12)13-8-9/h2,4,6-8,11H,3,5H2,1H3. The molecule has 0 aliphatic carbocycles. The van der Waals surface area contributed by atoms with Crippen LogP contribution >= 0.6 is 11.3 Å². The predicted molar refractivity (Wildman–Crippen MR) is 57.3 cm³/mol. The van der Waals surface area contributed by atoms with Crippen LogP contribution < -0.4 is 5.32 Å². The van der Waals surface area contributed by atoms with Crippen molar-refractivity contribution < 1.29 is 4.79 Å². The van der Waals surface area contributed by atoms with Gasteiger partial charge in [-0.3, -0.25) is 4.79 Å². The molecule has 0 saturated heterocycles. The Morgan fingerprint density at radius 3 is 3.08 bits per heavy atom. The highest BCUT2D eigenvalue weighted by atomic mass is 32.1. The van der Waals surface area contributed by atoms with Crippen LogP contribution in [0.1, 0.15) is 21.7 Å². The molecular formula is C10H13NOS. The van der Waals surface area contributed by atoms with Gasteiger partial charge in [0.05, 0.1) is 4.88 Å². The van der Waals surface area contributed by atoms with E-state index in [1.165, 1.54) is 11.3 Å². The molecule has 0 aliphatic heterocycles. The third-order valence-corrected chi connectivity index (χ3v) is 2.50. The van der Waals surface area contributed by atoms with Gasteiger partial charge in [0.15, 0.2) is 6.29 Å². The lowest BCUT2D eigenvalue weighted by molar-refractivity contribution is 0.112. The van der Waals surface area contributed by atoms with E-state index in [0.717, 1.165) is 29.7 Å². The molecule has 1 N–H and O–H groups in total. The van der Waals surface area contributed by atoms with Crippen LogP contribution in [0.15, 0.2) is 17.5 Å². The number of carbonyl (C=O) groups excluding carboxylic acids is 1. The lowest BCUT2D eigenvalue weighted by Crippen LogP contribution is -2.05. The van der Waals surface area contributed by atoms with Crippen LogP contribution in [0.3, 0.4) is 0 Å². The third kappa shape index (κ3) is 3.53. The van der Waals surface area contributed by atoms with Gasteiger partial charge in [0, 0.05) is 0 Å². The summed E-state index contributed by atoms with van der Waals surface area (Å²) in [6, 6.07) is 1.90. The van der Waals surface area contributed by atoms with Crippen molar-refractivity contribution in [3.63, 3.8) is 0 Å². The van der Waals surface area contributed by atoms with Crippen LogP contribution in [0.4, 0.5) is 0 Å². The van der Waals surface area contributed by atoms with Gasteiger partial charge < -0.3 is 5.32 Å². The Morgan fingerprint density at radius 1 is 1.62 bits per heavy atom. The molecule has 0 atom stereocenters. The minimum atomic E-state index is 0.785. The Balaban J connectivity index is 2.44. The molecular weight excluding hydrogens is 182 g/mol. The molecule has 1 aromatic heterocycles. The van der Waals surface area contributed by atoms with Crippen molar-refractivity contribution in [2.24, 2.45) is 0 Å². The van der Waals surface area contributed by atoms with E-state index in [9.17, 15) is 4.79 Å². The number of hydrogen-bond acceptors (Lipinski definition) is 3. The van der Waals surface area contributed by atoms with E-state index in [4.69, 9.17) is 0 Å². The van der Waals surface area contributed by atoms with E-state index in [-0.39, 0.29) is 0 Å². The van der Waals surface area contributed by atoms with Gasteiger partial charge in [-0.1, -0.05) is 12.2 Å². The van der Waals surface area contributed by atoms with Gasteiger partial charge in [0.1, 0.15) is 0 Å². The molecule has 1 heterocycles. The molecule has 0 aromatic carbocycles. The maximum atomic E-state index is 10.4. The summed E-state index contributed by atoms with van der Waals surface area (Å²) in [5.74, 6) is 0. The largest absolute Gasteiger partial charge is 0.319 e. The highest BCUT2D eigenvalue weighted by Crippen LogP contribution is 2.13. The van der Waals surface area contributed by atoms with Crippen LogP contribution in [-0.4, -0.2) is 19.9 Å². The summed E-state index contributed by atoms with van der Waals surface area (Å²) in [7, 11) is 1.93. The maximum absolute atomic E-state index is 10.4. The quantitative estimate of drug-likeness (QED) is 0.576. The van der Waals surface area contributed by atoms with Crippen molar-refractivity contribution in [1.82, 2.24) is 5.32 Å². The fourth-order valence-corrected chi connectivity index (χ4v) is 1.64. The van der Waals surface area contributed by atoms with E-state index in [0.29, 0.717) is 0 Å². The van der Waals surface area contributed by atoms with E-state index in [1.807, 2.05) is 24.6 Å². The zero-order valence-electron chi connectivity index (χ0n) is 7.62. The van der Waals surface area contributed by atoms with Gasteiger partial charge in [-0.2, -0.15) is 0 Å². The Hall–Kier alpha value is -0.930. The molecule has 3 heteroatoms. The van der Waals surface area contributed by atoms with E-state index >= 15 is 0 Å². The van der Waals surface area contributed by atoms with Gasteiger partial charge in [-0.15, -0.1) is 11.3 Å². The van der Waals surface area contributed by atoms with Crippen molar-refractivity contribution in [1.29, 1.82) is 0 Å². The van der Waals surface area contributed by atoms with Crippen LogP contribution in [-0.2, 0) is 0 Å². The van der Waals surface area contributed by atoms with Crippen molar-refractivity contribution in [2.75, 3.05) is 13.6 Å². The average Bonchev–Trinajstić information content (AvgIpc) is 2.60. The smallest absolute Gasteiger partial charge is 0.160 e. The Labute approximate surface area is 82.3 Å². The number of rotatable bonds is 5. The number of aldehydes is 1. The van der Waals surface area contributed by atoms with Crippen molar-refractivity contribution >= 4 is 23.7 Å². The normalized spacial score (nSPS) is 10.8. The summed E-state index contributed by atoms with van der Waals surface area (Å²) in [5.41, 5.74) is 1.11. The molecule has 1 aromatic rings. The number of hydrogen-bond donors (Lipinski definition) is 1. The van der Waals surface area contributed by atoms with Gasteiger partial charge >= 0.3 is 0 Å². The van der Waals surface area contributed by atoms with Crippen molar-refractivity contribution in [3.05, 3.63) is 28.0 Å². The Kier molecular flexibility index (Phi) is 4.43. The van der Waals surface area contributed by atoms with Gasteiger partial charge in [-0.05, 0) is 37.0 Å². The molecule has 0 aliphatic rings. The molecule has 0 amide bonds. The molecule has 2 nitrogen and oxygen atoms in total. The third-order valence-electron chi connectivity index (χ3n) is 1.63. The Morgan fingerprint density at radius 2 is 2.46 bits per heavy atom. The van der Waals surface area contributed by atoms with Crippen LogP contribution in [0.25, 0.3) is 6.08 Å². The molecule has 0 radical (unpaired) electrons. The fourth-order valence-electron chi connectivity index (χ4n) is 0.965. The van der Waals surface area contributed by atoms with Crippen LogP contribution in [0.2, 0.25) is 0 Å². The van der Waals surface area contributed by atoms with E-state index in [2.05, 4.69) is 11.4 Å². The van der Waals surface area contributed by atoms with Gasteiger partial charge in [0.2, 0.25) is 0 Å². The first-order valence-electron chi connectivity index (χ1n) is 4.21. The number of nitrogens with one attached hydrogen (secondary N) is 1. The zero-order chi connectivity index (χ0) is 9.52. The van der Waals surface area contributed by atoms with Gasteiger partial charge in [0.25, 0.3) is 0 Å². The fraction of sp³-hybridized carbons (Fsp3) is 0.300. The number of carbonyl (C=O) groups is 1. The lowest BCUT2D eigenvalue weighted by atomic mass is 10.2. The highest BCUT2D eigenvalue weighted by molar-refractivity contribution is 7.11. The van der Waals surface area contributed by atoms with Crippen molar-refractivity contribution in [3.8, 4) is 0 Å². The summed E-state index contributed by atoms with van der Waals surface area (Å²) in [5, 5.41) is 5.05. The molecule has 0 spiro atoms. The Bertz CT molecular complexity index is 291. The first-order chi connectivity index (χ1) is 6.36. The topological polar surface area (TPSA) is 29.1 Å². The van der Waals surface area contributed by atoms with E-state index < -0.39 is 0 Å². The maximum Gasteiger partial charge on any atom is 0.160 e. The van der Waals surface area contributed by atoms with Gasteiger partial charge in [-0.25, -0.2) is 0 Å². The first-order valence-corrected chi connectivity index (χ1v) is 5.09. The summed E-state index contributed by atoms with van der Waals surface area (Å²) in [4.78, 5) is 11.2. The second-order valence-corrected chi connectivity index (χ2v) is 3.64. The molecule has 0 bridgehead atoms. The molecule has 70 valence electrons. The second kappa shape index (κ2) is 5.67. The molecule has 13 heavy (non-hydrogen) atoms. The summed E-state index contributed by atoms with van der Waals surface area (Å²) in [6.45, 7) is 0.987. The molecule has 0 saturated carbocycles. The minimum Gasteiger partial charge on any atom is -0.319 e.